The number of para-hydroxylation sites is 1. The van der Waals surface area contributed by atoms with E-state index in [1.807, 2.05) is 89.1 Å². The molecule has 0 saturated carbocycles. The molecule has 6 nitrogen and oxygen atoms in total. The van der Waals surface area contributed by atoms with E-state index in [9.17, 15) is 0 Å². The zero-order chi connectivity index (χ0) is 20.3. The molecule has 8 heteroatoms. The molecule has 0 aliphatic carbocycles. The van der Waals surface area contributed by atoms with Crippen molar-refractivity contribution < 1.29 is 0 Å². The van der Waals surface area contributed by atoms with Crippen molar-refractivity contribution in [3.63, 3.8) is 0 Å². The summed E-state index contributed by atoms with van der Waals surface area (Å²) in [5.41, 5.74) is 3.72. The number of nitrogens with one attached hydrogen (secondary N) is 1. The van der Waals surface area contributed by atoms with Gasteiger partial charge in [-0.3, -0.25) is 0 Å². The van der Waals surface area contributed by atoms with Gasteiger partial charge in [-0.25, -0.2) is 9.78 Å². The lowest BCUT2D eigenvalue weighted by atomic mass is 10.1. The van der Waals surface area contributed by atoms with Gasteiger partial charge >= 0.3 is 0 Å². The molecule has 3 aromatic heterocycles. The third-order valence-electron chi connectivity index (χ3n) is 4.51. The zero-order valence-electron chi connectivity index (χ0n) is 15.7. The van der Waals surface area contributed by atoms with Crippen LogP contribution in [-0.4, -0.2) is 30.9 Å². The summed E-state index contributed by atoms with van der Waals surface area (Å²) in [6.45, 7) is 0. The Morgan fingerprint density at radius 2 is 1.73 bits per heavy atom. The van der Waals surface area contributed by atoms with Crippen LogP contribution in [-0.2, 0) is 0 Å². The number of aromatic nitrogens is 5. The molecule has 5 aromatic rings. The van der Waals surface area contributed by atoms with Gasteiger partial charge in [0.05, 0.1) is 16.8 Å². The Bertz CT molecular complexity index is 1350. The summed E-state index contributed by atoms with van der Waals surface area (Å²) in [5.74, 6) is 0.683. The molecule has 0 unspecified atom stereocenters. The van der Waals surface area contributed by atoms with Crippen LogP contribution < -0.4 is 0 Å². The average molecular weight is 429 g/mol. The van der Waals surface area contributed by atoms with Crippen LogP contribution in [0.5, 0.6) is 0 Å². The Hall–Kier alpha value is -3.62. The summed E-state index contributed by atoms with van der Waals surface area (Å²) in [7, 11) is 0. The lowest BCUT2D eigenvalue weighted by Crippen LogP contribution is -1.94. The van der Waals surface area contributed by atoms with Crippen LogP contribution in [0.1, 0.15) is 5.56 Å². The van der Waals surface area contributed by atoms with Crippen molar-refractivity contribution in [3.05, 3.63) is 94.7 Å². The van der Waals surface area contributed by atoms with E-state index in [4.69, 9.17) is 17.3 Å². The van der Waals surface area contributed by atoms with Crippen LogP contribution in [0.2, 0.25) is 0 Å². The first-order valence-corrected chi connectivity index (χ1v) is 10.5. The van der Waals surface area contributed by atoms with Crippen LogP contribution in [0.25, 0.3) is 27.6 Å². The number of hydrogen-bond acceptors (Lipinski definition) is 5. The Morgan fingerprint density at radius 3 is 2.47 bits per heavy atom. The van der Waals surface area contributed by atoms with Crippen LogP contribution in [0.15, 0.2) is 89.5 Å². The molecule has 0 spiro atoms. The molecule has 1 N–H and O–H groups in total. The van der Waals surface area contributed by atoms with Crippen LogP contribution in [0, 0.1) is 4.77 Å². The highest BCUT2D eigenvalue weighted by atomic mass is 32.1. The Morgan fingerprint density at radius 1 is 0.967 bits per heavy atom. The van der Waals surface area contributed by atoms with Crippen molar-refractivity contribution in [2.24, 2.45) is 5.10 Å². The Kier molecular flexibility index (Phi) is 4.92. The van der Waals surface area contributed by atoms with E-state index in [-0.39, 0.29) is 0 Å². The molecule has 0 saturated heterocycles. The van der Waals surface area contributed by atoms with E-state index >= 15 is 0 Å². The normalized spacial score (nSPS) is 11.3. The average Bonchev–Trinajstić information content (AvgIpc) is 3.54. The van der Waals surface area contributed by atoms with Gasteiger partial charge in [0, 0.05) is 17.3 Å². The fourth-order valence-electron chi connectivity index (χ4n) is 3.10. The predicted octanol–water partition coefficient (Wildman–Crippen LogP) is 5.40. The van der Waals surface area contributed by atoms with Crippen molar-refractivity contribution >= 4 is 29.8 Å². The molecule has 30 heavy (non-hydrogen) atoms. The number of nitrogens with zero attached hydrogens (tertiary/aromatic N) is 5. The van der Waals surface area contributed by atoms with Crippen molar-refractivity contribution in [1.29, 1.82) is 0 Å². The van der Waals surface area contributed by atoms with Gasteiger partial charge < -0.3 is 0 Å². The van der Waals surface area contributed by atoms with Crippen molar-refractivity contribution in [2.45, 2.75) is 0 Å². The third-order valence-corrected chi connectivity index (χ3v) is 5.64. The molecule has 0 atom stereocenters. The fourth-order valence-corrected chi connectivity index (χ4v) is 3.98. The van der Waals surface area contributed by atoms with Gasteiger partial charge in [-0.2, -0.15) is 20.0 Å². The number of rotatable bonds is 5. The van der Waals surface area contributed by atoms with Crippen molar-refractivity contribution in [2.75, 3.05) is 0 Å². The Labute approximate surface area is 181 Å². The molecule has 146 valence electrons. The minimum absolute atomic E-state index is 0.436. The first-order chi connectivity index (χ1) is 14.8. The molecular formula is C22H16N6S2. The van der Waals surface area contributed by atoms with E-state index in [0.717, 1.165) is 27.4 Å². The topological polar surface area (TPSA) is 63.8 Å². The lowest BCUT2D eigenvalue weighted by Gasteiger charge is -2.00. The molecule has 0 radical (unpaired) electrons. The molecule has 0 aliphatic rings. The standard InChI is InChI=1S/C22H16N6S2/c29-22-25-24-21(19-12-7-13-30-19)28(22)23-14-17-15-27(18-10-5-2-6-11-18)26-20(17)16-8-3-1-4-9-16/h1-15H,(H,25,29)/b23-14-. The maximum atomic E-state index is 5.39. The van der Waals surface area contributed by atoms with Gasteiger partial charge in [-0.1, -0.05) is 54.6 Å². The van der Waals surface area contributed by atoms with E-state index < -0.39 is 0 Å². The first-order valence-electron chi connectivity index (χ1n) is 9.26. The largest absolute Gasteiger partial charge is 0.250 e. The molecule has 2 aromatic carbocycles. The number of hydrogen-bond donors (Lipinski definition) is 1. The molecule has 5 rings (SSSR count). The van der Waals surface area contributed by atoms with Crippen LogP contribution in [0.3, 0.4) is 0 Å². The smallest absolute Gasteiger partial charge is 0.216 e. The first kappa shape index (κ1) is 18.4. The molecule has 0 amide bonds. The second-order valence-electron chi connectivity index (χ2n) is 6.47. The third kappa shape index (κ3) is 3.54. The number of H-pyrrole nitrogens is 1. The maximum Gasteiger partial charge on any atom is 0.216 e. The minimum Gasteiger partial charge on any atom is -0.250 e. The highest BCUT2D eigenvalue weighted by molar-refractivity contribution is 7.71. The van der Waals surface area contributed by atoms with Gasteiger partial charge in [0.2, 0.25) is 4.77 Å². The molecule has 3 heterocycles. The van der Waals surface area contributed by atoms with Gasteiger partial charge in [0.1, 0.15) is 5.69 Å². The number of aromatic amines is 1. The highest BCUT2D eigenvalue weighted by Gasteiger charge is 2.12. The summed E-state index contributed by atoms with van der Waals surface area (Å²) >= 11 is 6.97. The monoisotopic (exact) mass is 428 g/mol. The second-order valence-corrected chi connectivity index (χ2v) is 7.80. The van der Waals surface area contributed by atoms with E-state index in [1.54, 1.807) is 22.2 Å². The fraction of sp³-hybridized carbons (Fsp3) is 0. The van der Waals surface area contributed by atoms with Crippen molar-refractivity contribution in [1.82, 2.24) is 24.7 Å². The molecule has 0 fully saturated rings. The van der Waals surface area contributed by atoms with Gasteiger partial charge in [-0.15, -0.1) is 11.3 Å². The Balaban J connectivity index is 1.60. The quantitative estimate of drug-likeness (QED) is 0.301. The van der Waals surface area contributed by atoms with Gasteiger partial charge in [0.15, 0.2) is 5.82 Å². The summed E-state index contributed by atoms with van der Waals surface area (Å²) in [6.07, 6.45) is 3.74. The van der Waals surface area contributed by atoms with E-state index in [0.29, 0.717) is 10.6 Å². The van der Waals surface area contributed by atoms with Crippen molar-refractivity contribution in [3.8, 4) is 27.6 Å². The maximum absolute atomic E-state index is 5.39. The second kappa shape index (κ2) is 8.02. The molecule has 0 bridgehead atoms. The number of thiophene rings is 1. The van der Waals surface area contributed by atoms with E-state index in [1.165, 1.54) is 0 Å². The lowest BCUT2D eigenvalue weighted by molar-refractivity contribution is 0.873. The predicted molar refractivity (Wildman–Crippen MR) is 123 cm³/mol. The minimum atomic E-state index is 0.436. The van der Waals surface area contributed by atoms with Gasteiger partial charge in [-0.05, 0) is 35.8 Å². The summed E-state index contributed by atoms with van der Waals surface area (Å²) in [5, 5.41) is 18.6. The molecule has 0 aliphatic heterocycles. The van der Waals surface area contributed by atoms with E-state index in [2.05, 4.69) is 15.3 Å². The van der Waals surface area contributed by atoms with Gasteiger partial charge in [0.25, 0.3) is 0 Å². The van der Waals surface area contributed by atoms with Crippen LogP contribution in [0.4, 0.5) is 0 Å². The summed E-state index contributed by atoms with van der Waals surface area (Å²) in [4.78, 5) is 0.989. The van der Waals surface area contributed by atoms with Crippen LogP contribution >= 0.6 is 23.6 Å². The highest BCUT2D eigenvalue weighted by Crippen LogP contribution is 2.24. The summed E-state index contributed by atoms with van der Waals surface area (Å²) in [6, 6.07) is 24.0. The number of benzene rings is 2. The molecular weight excluding hydrogens is 412 g/mol. The SMILES string of the molecule is S=c1[nH]nc(-c2cccs2)n1/N=C\c1cn(-c2ccccc2)nc1-c1ccccc1. The summed E-state index contributed by atoms with van der Waals surface area (Å²) < 4.78 is 3.93. The zero-order valence-corrected chi connectivity index (χ0v) is 17.3.